The van der Waals surface area contributed by atoms with E-state index in [4.69, 9.17) is 4.74 Å². The number of nitrogens with one attached hydrogen (secondary N) is 2. The minimum atomic E-state index is -0.310. The molecule has 0 amide bonds. The van der Waals surface area contributed by atoms with E-state index in [0.717, 1.165) is 48.5 Å². The van der Waals surface area contributed by atoms with E-state index in [0.29, 0.717) is 12.6 Å². The summed E-state index contributed by atoms with van der Waals surface area (Å²) >= 11 is 0. The molecule has 0 unspecified atom stereocenters. The Hall–Kier alpha value is -2.66. The molecule has 142 valence electrons. The van der Waals surface area contributed by atoms with Gasteiger partial charge in [-0.25, -0.2) is 0 Å². The van der Waals surface area contributed by atoms with Crippen LogP contribution in [-0.4, -0.2) is 44.0 Å². The molecule has 1 aliphatic heterocycles. The largest absolute Gasteiger partial charge is 0.465 e. The molecule has 2 N–H and O–H groups in total. The predicted octanol–water partition coefficient (Wildman–Crippen LogP) is 3.25. The lowest BCUT2D eigenvalue weighted by Gasteiger charge is -2.26. The van der Waals surface area contributed by atoms with Crippen LogP contribution >= 0.6 is 0 Å². The third-order valence-electron chi connectivity index (χ3n) is 4.60. The van der Waals surface area contributed by atoms with Crippen LogP contribution in [0.4, 0.5) is 5.69 Å². The molecule has 0 aromatic heterocycles. The Kier molecular flexibility index (Phi) is 6.99. The molecule has 1 fully saturated rings. The fraction of sp³-hybridized carbons (Fsp3) is 0.364. The average Bonchev–Trinajstić information content (AvgIpc) is 2.71. The van der Waals surface area contributed by atoms with E-state index in [1.165, 1.54) is 0 Å². The zero-order chi connectivity index (χ0) is 18.9. The maximum atomic E-state index is 11.9. The van der Waals surface area contributed by atoms with E-state index in [1.54, 1.807) is 6.92 Å². The highest BCUT2D eigenvalue weighted by molar-refractivity contribution is 6.16. The lowest BCUT2D eigenvalue weighted by atomic mass is 9.99. The van der Waals surface area contributed by atoms with Crippen LogP contribution in [0.5, 0.6) is 0 Å². The van der Waals surface area contributed by atoms with Crippen LogP contribution in [0, 0.1) is 0 Å². The van der Waals surface area contributed by atoms with Crippen LogP contribution in [0.3, 0.4) is 0 Å². The molecular formula is C22H27N3O2. The zero-order valence-corrected chi connectivity index (χ0v) is 15.8. The summed E-state index contributed by atoms with van der Waals surface area (Å²) in [5, 5.41) is 7.07. The van der Waals surface area contributed by atoms with Gasteiger partial charge in [-0.3, -0.25) is 9.79 Å². The number of rotatable bonds is 7. The Labute approximate surface area is 160 Å². The number of hydrogen-bond acceptors (Lipinski definition) is 5. The van der Waals surface area contributed by atoms with Gasteiger partial charge in [-0.1, -0.05) is 48.5 Å². The molecule has 1 heterocycles. The molecular weight excluding hydrogens is 338 g/mol. The zero-order valence-electron chi connectivity index (χ0n) is 15.8. The van der Waals surface area contributed by atoms with Gasteiger partial charge in [-0.2, -0.15) is 0 Å². The lowest BCUT2D eigenvalue weighted by Crippen LogP contribution is -2.35. The molecule has 0 atom stereocenters. The van der Waals surface area contributed by atoms with Crippen molar-refractivity contribution in [1.82, 2.24) is 5.32 Å². The Balaban J connectivity index is 1.92. The number of carbonyl (C=O) groups excluding carboxylic acids is 1. The Morgan fingerprint density at radius 2 is 1.81 bits per heavy atom. The second-order valence-electron chi connectivity index (χ2n) is 6.55. The fourth-order valence-electron chi connectivity index (χ4n) is 3.28. The molecule has 5 nitrogen and oxygen atoms in total. The molecule has 0 spiro atoms. The molecule has 0 bridgehead atoms. The quantitative estimate of drug-likeness (QED) is 0.584. The SMILES string of the molecule is CCOC(=O)CN=C(c1ccccc1)c1ccccc1NC1CCNCC1. The highest BCUT2D eigenvalue weighted by Gasteiger charge is 2.17. The van der Waals surface area contributed by atoms with E-state index in [-0.39, 0.29) is 12.5 Å². The summed E-state index contributed by atoms with van der Waals surface area (Å²) in [5.74, 6) is -0.310. The van der Waals surface area contributed by atoms with Gasteiger partial charge in [-0.05, 0) is 38.9 Å². The molecule has 2 aromatic carbocycles. The number of benzene rings is 2. The van der Waals surface area contributed by atoms with Crippen molar-refractivity contribution in [2.75, 3.05) is 31.6 Å². The molecule has 0 saturated carbocycles. The van der Waals surface area contributed by atoms with Gasteiger partial charge in [0.1, 0.15) is 6.54 Å². The summed E-state index contributed by atoms with van der Waals surface area (Å²) in [4.78, 5) is 16.5. The van der Waals surface area contributed by atoms with Gasteiger partial charge < -0.3 is 15.4 Å². The van der Waals surface area contributed by atoms with Crippen LogP contribution < -0.4 is 10.6 Å². The number of esters is 1. The standard InChI is InChI=1S/C22H27N3O2/c1-2-27-21(26)16-24-22(17-8-4-3-5-9-17)19-10-6-7-11-20(19)25-18-12-14-23-15-13-18/h3-11,18,23,25H,2,12-16H2,1H3. The third-order valence-corrected chi connectivity index (χ3v) is 4.60. The topological polar surface area (TPSA) is 62.7 Å². The maximum Gasteiger partial charge on any atom is 0.327 e. The Bertz CT molecular complexity index is 768. The number of nitrogens with zero attached hydrogens (tertiary/aromatic N) is 1. The van der Waals surface area contributed by atoms with E-state index in [2.05, 4.69) is 27.8 Å². The molecule has 5 heteroatoms. The van der Waals surface area contributed by atoms with Crippen LogP contribution in [0.15, 0.2) is 59.6 Å². The highest BCUT2D eigenvalue weighted by Crippen LogP contribution is 2.22. The third kappa shape index (κ3) is 5.41. The second-order valence-corrected chi connectivity index (χ2v) is 6.55. The molecule has 1 saturated heterocycles. The van der Waals surface area contributed by atoms with E-state index in [9.17, 15) is 4.79 Å². The summed E-state index contributed by atoms with van der Waals surface area (Å²) in [6.45, 7) is 4.24. The Morgan fingerprint density at radius 3 is 2.56 bits per heavy atom. The summed E-state index contributed by atoms with van der Waals surface area (Å²) in [5.41, 5.74) is 3.85. The van der Waals surface area contributed by atoms with Crippen LogP contribution in [-0.2, 0) is 9.53 Å². The molecule has 1 aliphatic rings. The van der Waals surface area contributed by atoms with Crippen molar-refractivity contribution in [3.63, 3.8) is 0 Å². The van der Waals surface area contributed by atoms with Crippen LogP contribution in [0.1, 0.15) is 30.9 Å². The number of piperidine rings is 1. The van der Waals surface area contributed by atoms with Gasteiger partial charge in [0.2, 0.25) is 0 Å². The first-order chi connectivity index (χ1) is 13.3. The maximum absolute atomic E-state index is 11.9. The van der Waals surface area contributed by atoms with E-state index < -0.39 is 0 Å². The number of hydrogen-bond donors (Lipinski definition) is 2. The number of para-hydroxylation sites is 1. The van der Waals surface area contributed by atoms with E-state index in [1.807, 2.05) is 42.5 Å². The second kappa shape index (κ2) is 9.88. The van der Waals surface area contributed by atoms with Crippen molar-refractivity contribution in [3.05, 3.63) is 65.7 Å². The normalized spacial score (nSPS) is 15.4. The minimum Gasteiger partial charge on any atom is -0.465 e. The fourth-order valence-corrected chi connectivity index (χ4v) is 3.28. The van der Waals surface area contributed by atoms with Gasteiger partial charge in [-0.15, -0.1) is 0 Å². The first-order valence-corrected chi connectivity index (χ1v) is 9.60. The molecule has 0 aliphatic carbocycles. The molecule has 27 heavy (non-hydrogen) atoms. The summed E-state index contributed by atoms with van der Waals surface area (Å²) in [6.07, 6.45) is 2.18. The molecule has 3 rings (SSSR count). The van der Waals surface area contributed by atoms with Crippen molar-refractivity contribution in [2.45, 2.75) is 25.8 Å². The number of carbonyl (C=O) groups is 1. The van der Waals surface area contributed by atoms with Gasteiger partial charge in [0.15, 0.2) is 0 Å². The predicted molar refractivity (Wildman–Crippen MR) is 110 cm³/mol. The van der Waals surface area contributed by atoms with Crippen molar-refractivity contribution >= 4 is 17.4 Å². The summed E-state index contributed by atoms with van der Waals surface area (Å²) in [7, 11) is 0. The minimum absolute atomic E-state index is 0.0136. The first kappa shape index (κ1) is 19.1. The lowest BCUT2D eigenvalue weighted by molar-refractivity contribution is -0.141. The number of anilines is 1. The van der Waals surface area contributed by atoms with Crippen LogP contribution in [0.25, 0.3) is 0 Å². The molecule has 2 aromatic rings. The highest BCUT2D eigenvalue weighted by atomic mass is 16.5. The Morgan fingerprint density at radius 1 is 1.11 bits per heavy atom. The number of ether oxygens (including phenoxy) is 1. The average molecular weight is 365 g/mol. The monoisotopic (exact) mass is 365 g/mol. The van der Waals surface area contributed by atoms with Gasteiger partial charge in [0, 0.05) is 22.9 Å². The van der Waals surface area contributed by atoms with Crippen molar-refractivity contribution < 1.29 is 9.53 Å². The van der Waals surface area contributed by atoms with Gasteiger partial charge >= 0.3 is 5.97 Å². The van der Waals surface area contributed by atoms with E-state index >= 15 is 0 Å². The number of aliphatic imine (C=N–C) groups is 1. The smallest absolute Gasteiger partial charge is 0.327 e. The van der Waals surface area contributed by atoms with Crippen molar-refractivity contribution in [3.8, 4) is 0 Å². The van der Waals surface area contributed by atoms with Crippen molar-refractivity contribution in [1.29, 1.82) is 0 Å². The molecule has 0 radical (unpaired) electrons. The van der Waals surface area contributed by atoms with Crippen LogP contribution in [0.2, 0.25) is 0 Å². The summed E-state index contributed by atoms with van der Waals surface area (Å²) in [6, 6.07) is 18.6. The van der Waals surface area contributed by atoms with Gasteiger partial charge in [0.25, 0.3) is 0 Å². The van der Waals surface area contributed by atoms with Crippen molar-refractivity contribution in [2.24, 2.45) is 4.99 Å². The van der Waals surface area contributed by atoms with Gasteiger partial charge in [0.05, 0.1) is 12.3 Å². The summed E-state index contributed by atoms with van der Waals surface area (Å²) < 4.78 is 5.05. The first-order valence-electron chi connectivity index (χ1n) is 9.60.